The lowest BCUT2D eigenvalue weighted by Gasteiger charge is -2.41. The summed E-state index contributed by atoms with van der Waals surface area (Å²) in [5, 5.41) is 0. The molecule has 4 rings (SSSR count). The number of benzene rings is 2. The Morgan fingerprint density at radius 3 is 2.24 bits per heavy atom. The van der Waals surface area contributed by atoms with Crippen molar-refractivity contribution in [2.24, 2.45) is 17.6 Å². The van der Waals surface area contributed by atoms with E-state index < -0.39 is 6.04 Å². The Morgan fingerprint density at radius 1 is 1.03 bits per heavy atom. The molecular formula is C31H38N4O2. The molecule has 0 radical (unpaired) electrons. The Hall–Kier alpha value is -3.51. The van der Waals surface area contributed by atoms with Crippen molar-refractivity contribution in [2.75, 3.05) is 19.7 Å². The van der Waals surface area contributed by atoms with Crippen molar-refractivity contribution in [1.82, 2.24) is 14.9 Å². The smallest absolute Gasteiger partial charge is 0.239 e. The van der Waals surface area contributed by atoms with Crippen molar-refractivity contribution in [3.05, 3.63) is 78.6 Å². The Labute approximate surface area is 220 Å². The first-order chi connectivity index (χ1) is 17.8. The van der Waals surface area contributed by atoms with E-state index in [0.717, 1.165) is 59.7 Å². The van der Waals surface area contributed by atoms with Gasteiger partial charge in [-0.05, 0) is 55.4 Å². The quantitative estimate of drug-likeness (QED) is 0.278. The molecule has 2 aromatic carbocycles. The normalized spacial score (nSPS) is 14.4. The van der Waals surface area contributed by atoms with Crippen LogP contribution in [0.1, 0.15) is 39.2 Å². The van der Waals surface area contributed by atoms with Crippen molar-refractivity contribution in [3.63, 3.8) is 0 Å². The third-order valence-electron chi connectivity index (χ3n) is 6.91. The van der Waals surface area contributed by atoms with Crippen LogP contribution in [-0.4, -0.2) is 46.5 Å². The first-order valence-corrected chi connectivity index (χ1v) is 13.1. The van der Waals surface area contributed by atoms with Crippen LogP contribution in [0, 0.1) is 11.8 Å². The van der Waals surface area contributed by atoms with Gasteiger partial charge in [-0.25, -0.2) is 9.97 Å². The summed E-state index contributed by atoms with van der Waals surface area (Å²) in [6, 6.07) is 15.5. The molecule has 0 spiro atoms. The van der Waals surface area contributed by atoms with E-state index in [0.29, 0.717) is 24.1 Å². The van der Waals surface area contributed by atoms with Gasteiger partial charge in [-0.1, -0.05) is 62.4 Å². The van der Waals surface area contributed by atoms with E-state index in [-0.39, 0.29) is 5.91 Å². The number of amides is 1. The SMILES string of the molecule is C=C(C)C1CN(C(=O)[C@@H](N)Cc2ccc(-c3ncc(-c4ccc(OCCCC(C)C)cc4)cn3)cc2)C1. The molecule has 194 valence electrons. The van der Waals surface area contributed by atoms with Gasteiger partial charge in [0, 0.05) is 42.5 Å². The van der Waals surface area contributed by atoms with Gasteiger partial charge in [-0.3, -0.25) is 4.79 Å². The van der Waals surface area contributed by atoms with Gasteiger partial charge in [-0.15, -0.1) is 0 Å². The average Bonchev–Trinajstić information content (AvgIpc) is 2.86. The van der Waals surface area contributed by atoms with Gasteiger partial charge in [0.15, 0.2) is 5.82 Å². The van der Waals surface area contributed by atoms with Crippen molar-refractivity contribution in [1.29, 1.82) is 0 Å². The van der Waals surface area contributed by atoms with Gasteiger partial charge in [0.1, 0.15) is 5.75 Å². The predicted molar refractivity (Wildman–Crippen MR) is 149 cm³/mol. The Morgan fingerprint density at radius 2 is 1.65 bits per heavy atom. The highest BCUT2D eigenvalue weighted by molar-refractivity contribution is 5.83. The van der Waals surface area contributed by atoms with E-state index in [2.05, 4.69) is 30.4 Å². The molecule has 1 atom stereocenters. The zero-order chi connectivity index (χ0) is 26.4. The predicted octanol–water partition coefficient (Wildman–Crippen LogP) is 5.53. The topological polar surface area (TPSA) is 81.3 Å². The number of nitrogens with two attached hydrogens (primary N) is 1. The molecule has 2 heterocycles. The molecular weight excluding hydrogens is 460 g/mol. The van der Waals surface area contributed by atoms with Gasteiger partial charge >= 0.3 is 0 Å². The fraction of sp³-hybridized carbons (Fsp3) is 0.387. The number of carbonyl (C=O) groups is 1. The maximum absolute atomic E-state index is 12.6. The van der Waals surface area contributed by atoms with Crippen molar-refractivity contribution < 1.29 is 9.53 Å². The second-order valence-electron chi connectivity index (χ2n) is 10.5. The molecule has 37 heavy (non-hydrogen) atoms. The average molecular weight is 499 g/mol. The largest absolute Gasteiger partial charge is 0.494 e. The number of likely N-dealkylation sites (tertiary alicyclic amines) is 1. The molecule has 3 aromatic rings. The molecule has 2 N–H and O–H groups in total. The van der Waals surface area contributed by atoms with E-state index in [9.17, 15) is 4.79 Å². The summed E-state index contributed by atoms with van der Waals surface area (Å²) in [6.45, 7) is 12.6. The number of carbonyl (C=O) groups excluding carboxylic acids is 1. The monoisotopic (exact) mass is 498 g/mol. The summed E-state index contributed by atoms with van der Waals surface area (Å²) in [5.74, 6) is 2.65. The lowest BCUT2D eigenvalue weighted by atomic mass is 9.92. The summed E-state index contributed by atoms with van der Waals surface area (Å²) in [4.78, 5) is 23.5. The molecule has 6 heteroatoms. The van der Waals surface area contributed by atoms with Gasteiger partial charge in [0.25, 0.3) is 0 Å². The Bertz CT molecular complexity index is 1180. The maximum atomic E-state index is 12.6. The van der Waals surface area contributed by atoms with Crippen molar-refractivity contribution in [3.8, 4) is 28.3 Å². The van der Waals surface area contributed by atoms with E-state index in [1.54, 1.807) is 0 Å². The van der Waals surface area contributed by atoms with Crippen LogP contribution in [0.5, 0.6) is 5.75 Å². The number of nitrogens with zero attached hydrogens (tertiary/aromatic N) is 3. The van der Waals surface area contributed by atoms with Crippen LogP contribution >= 0.6 is 0 Å². The number of rotatable bonds is 11. The fourth-order valence-electron chi connectivity index (χ4n) is 4.39. The van der Waals surface area contributed by atoms with Crippen molar-refractivity contribution >= 4 is 5.91 Å². The molecule has 0 aliphatic carbocycles. The van der Waals surface area contributed by atoms with E-state index in [4.69, 9.17) is 10.5 Å². The molecule has 1 fully saturated rings. The number of aromatic nitrogens is 2. The molecule has 0 saturated carbocycles. The van der Waals surface area contributed by atoms with Crippen LogP contribution in [0.15, 0.2) is 73.1 Å². The third kappa shape index (κ3) is 7.04. The lowest BCUT2D eigenvalue weighted by molar-refractivity contribution is -0.138. The van der Waals surface area contributed by atoms with Crippen LogP contribution in [0.2, 0.25) is 0 Å². The van der Waals surface area contributed by atoms with Gasteiger partial charge in [0.05, 0.1) is 12.6 Å². The van der Waals surface area contributed by atoms with E-state index >= 15 is 0 Å². The molecule has 6 nitrogen and oxygen atoms in total. The number of hydrogen-bond donors (Lipinski definition) is 1. The first kappa shape index (κ1) is 26.6. The van der Waals surface area contributed by atoms with Crippen molar-refractivity contribution in [2.45, 2.75) is 46.1 Å². The minimum absolute atomic E-state index is 0.00576. The molecule has 1 aromatic heterocycles. The summed E-state index contributed by atoms with van der Waals surface area (Å²) in [7, 11) is 0. The Balaban J connectivity index is 1.30. The van der Waals surface area contributed by atoms with Crippen LogP contribution in [0.25, 0.3) is 22.5 Å². The minimum atomic E-state index is -0.538. The highest BCUT2D eigenvalue weighted by Crippen LogP contribution is 2.25. The second-order valence-corrected chi connectivity index (χ2v) is 10.5. The molecule has 0 unspecified atom stereocenters. The van der Waals surface area contributed by atoms with E-state index in [1.807, 2.05) is 72.7 Å². The maximum Gasteiger partial charge on any atom is 0.239 e. The highest BCUT2D eigenvalue weighted by atomic mass is 16.5. The zero-order valence-corrected chi connectivity index (χ0v) is 22.2. The lowest BCUT2D eigenvalue weighted by Crippen LogP contribution is -2.55. The van der Waals surface area contributed by atoms with Crippen LogP contribution in [0.4, 0.5) is 0 Å². The summed E-state index contributed by atoms with van der Waals surface area (Å²) in [6.07, 6.45) is 6.43. The third-order valence-corrected chi connectivity index (χ3v) is 6.91. The molecule has 1 aliphatic rings. The summed E-state index contributed by atoms with van der Waals surface area (Å²) in [5.41, 5.74) is 11.3. The standard InChI is InChI=1S/C31H38N4O2/c1-21(2)6-5-15-37-28-13-11-24(12-14-28)26-17-33-30(34-18-26)25-9-7-23(8-10-25)16-29(32)31(36)35-19-27(20-35)22(3)4/h7-14,17-18,21,27,29H,3,5-6,15-16,19-20,32H2,1-2,4H3/t29-/m0/s1. The van der Waals surface area contributed by atoms with Crippen LogP contribution in [0.3, 0.4) is 0 Å². The molecule has 1 amide bonds. The van der Waals surface area contributed by atoms with Gasteiger partial charge in [0.2, 0.25) is 5.91 Å². The first-order valence-electron chi connectivity index (χ1n) is 13.1. The zero-order valence-electron chi connectivity index (χ0n) is 22.2. The highest BCUT2D eigenvalue weighted by Gasteiger charge is 2.33. The van der Waals surface area contributed by atoms with E-state index in [1.165, 1.54) is 6.42 Å². The number of ether oxygens (including phenoxy) is 1. The Kier molecular flexibility index (Phi) is 8.72. The van der Waals surface area contributed by atoms with Gasteiger partial charge < -0.3 is 15.4 Å². The fourth-order valence-corrected chi connectivity index (χ4v) is 4.39. The summed E-state index contributed by atoms with van der Waals surface area (Å²) < 4.78 is 5.84. The molecule has 1 aliphatic heterocycles. The molecule has 1 saturated heterocycles. The van der Waals surface area contributed by atoms with Gasteiger partial charge in [-0.2, -0.15) is 0 Å². The second kappa shape index (κ2) is 12.2. The summed E-state index contributed by atoms with van der Waals surface area (Å²) >= 11 is 0. The van der Waals surface area contributed by atoms with Crippen LogP contribution in [-0.2, 0) is 11.2 Å². The van der Waals surface area contributed by atoms with Crippen LogP contribution < -0.4 is 10.5 Å². The molecule has 0 bridgehead atoms. The minimum Gasteiger partial charge on any atom is -0.494 e. The number of hydrogen-bond acceptors (Lipinski definition) is 5.